The number of aromatic amines is 2. The van der Waals surface area contributed by atoms with E-state index in [2.05, 4.69) is 54.8 Å². The van der Waals surface area contributed by atoms with Crippen molar-refractivity contribution in [3.8, 4) is 41.6 Å². The van der Waals surface area contributed by atoms with Crippen LogP contribution in [-0.2, 0) is 33.6 Å². The highest BCUT2D eigenvalue weighted by Gasteiger charge is 2.45. The fourth-order valence-electron chi connectivity index (χ4n) is 14.5. The summed E-state index contributed by atoms with van der Waals surface area (Å²) in [6.07, 6.45) is 7.23. The fourth-order valence-corrected chi connectivity index (χ4v) is 15.5. The zero-order valence-corrected chi connectivity index (χ0v) is 62.6. The number of aromatic nitrogens is 6. The van der Waals surface area contributed by atoms with Crippen LogP contribution in [0.1, 0.15) is 55.2 Å². The zero-order valence-electron chi connectivity index (χ0n) is 60.3. The van der Waals surface area contributed by atoms with Crippen molar-refractivity contribution >= 4 is 98.5 Å². The molecule has 3 unspecified atom stereocenters. The molecule has 2 N–H and O–H groups in total. The number of rotatable bonds is 14. The molecule has 25 nitrogen and oxygen atoms in total. The largest absolute Gasteiger partial charge is 0.476 e. The minimum absolute atomic E-state index is 0.0927. The quantitative estimate of drug-likeness (QED) is 0.0956. The smallest absolute Gasteiger partial charge is 0.265 e. The highest BCUT2D eigenvalue weighted by Crippen LogP contribution is 2.47. The maximum absolute atomic E-state index is 13.6. The molecule has 14 rings (SSSR count). The predicted molar refractivity (Wildman–Crippen MR) is 402 cm³/mol. The van der Waals surface area contributed by atoms with Gasteiger partial charge in [0.1, 0.15) is 47.4 Å². The summed E-state index contributed by atoms with van der Waals surface area (Å²) in [6.45, 7) is 3.13. The van der Waals surface area contributed by atoms with Crippen molar-refractivity contribution in [1.82, 2.24) is 45.1 Å². The number of nitrogens with zero attached hydrogens (tertiary/aromatic N) is 17. The van der Waals surface area contributed by atoms with Crippen LogP contribution in [0.2, 0.25) is 15.1 Å². The van der Waals surface area contributed by atoms with Crippen LogP contribution in [0, 0.1) is 79.1 Å². The van der Waals surface area contributed by atoms with Gasteiger partial charge in [0.15, 0.2) is 24.5 Å². The number of amides is 3. The molecule has 560 valence electrons. The van der Waals surface area contributed by atoms with Gasteiger partial charge in [0.05, 0.1) is 103 Å². The first kappa shape index (κ1) is 76.5. The first-order chi connectivity index (χ1) is 51.8. The summed E-state index contributed by atoms with van der Waals surface area (Å²) in [5, 5.41) is 54.7. The standard InChI is InChI=1S/2C26H27ClFN7O2.C25H25ClFN5O2/c2*1-33(2)20-12-22-21(11-19(20)27)35(25-30-16-31-32-25)14-23(37-22)24(36)34-9-7-26(15-29,8-10-34)13-17-3-5-18(28)6-4-17;1-30(2)20-12-22-21(11-19(20)26)32(16-29)14-23(34-22)24(33)31-9-7-25(15-28,8-10-31)13-17-3-5-18(27)6-4-17/h2*3-6,11-12,16,23H,7-10,13-14H2,1-2H3,(H,30,31,32);3-6,11-12,23H,7-10,13-14H2,1-2H3. The van der Waals surface area contributed by atoms with E-state index >= 15 is 0 Å². The molecule has 3 atom stereocenters. The molecule has 3 saturated heterocycles. The lowest BCUT2D eigenvalue weighted by Gasteiger charge is -2.41. The molecule has 6 aliphatic rings. The summed E-state index contributed by atoms with van der Waals surface area (Å²) in [7, 11) is 11.2. The summed E-state index contributed by atoms with van der Waals surface area (Å²) in [6, 6.07) is 36.7. The minimum Gasteiger partial charge on any atom is -0.476 e. The fraction of sp³-hybridized carbons (Fsp3) is 0.390. The van der Waals surface area contributed by atoms with Crippen LogP contribution in [0.25, 0.3) is 0 Å². The lowest BCUT2D eigenvalue weighted by atomic mass is 9.75. The molecule has 3 fully saturated rings. The minimum atomic E-state index is -0.838. The van der Waals surface area contributed by atoms with Gasteiger partial charge in [-0.15, -0.1) is 0 Å². The maximum Gasteiger partial charge on any atom is 0.265 e. The van der Waals surface area contributed by atoms with Gasteiger partial charge < -0.3 is 53.4 Å². The first-order valence-corrected chi connectivity index (χ1v) is 36.2. The number of fused-ring (bicyclic) bond motifs is 3. The maximum atomic E-state index is 13.6. The van der Waals surface area contributed by atoms with Crippen molar-refractivity contribution in [2.24, 2.45) is 16.2 Å². The number of halogens is 6. The molecule has 2 aromatic heterocycles. The van der Waals surface area contributed by atoms with E-state index in [1.807, 2.05) is 78.9 Å². The van der Waals surface area contributed by atoms with E-state index in [1.54, 1.807) is 75.4 Å². The van der Waals surface area contributed by atoms with Crippen LogP contribution >= 0.6 is 34.8 Å². The lowest BCUT2D eigenvalue weighted by molar-refractivity contribution is -0.141. The Balaban J connectivity index is 0.000000151. The normalized spacial score (nSPS) is 18.6. The third-order valence-electron chi connectivity index (χ3n) is 20.7. The number of hydrogen-bond donors (Lipinski definition) is 2. The van der Waals surface area contributed by atoms with Crippen molar-refractivity contribution < 1.29 is 41.8 Å². The van der Waals surface area contributed by atoms with Crippen LogP contribution in [0.4, 0.5) is 59.2 Å². The summed E-state index contributed by atoms with van der Waals surface area (Å²) in [4.78, 5) is 65.0. The third-order valence-corrected chi connectivity index (χ3v) is 21.6. The number of anilines is 8. The predicted octanol–water partition coefficient (Wildman–Crippen LogP) is 11.8. The van der Waals surface area contributed by atoms with Gasteiger partial charge in [-0.1, -0.05) is 71.2 Å². The zero-order chi connectivity index (χ0) is 76.8. The Morgan fingerprint density at radius 3 is 1.02 bits per heavy atom. The Labute approximate surface area is 638 Å². The van der Waals surface area contributed by atoms with E-state index in [0.29, 0.717) is 158 Å². The molecule has 31 heteroatoms. The van der Waals surface area contributed by atoms with Gasteiger partial charge in [-0.25, -0.2) is 23.4 Å². The Bertz CT molecular complexity index is 4530. The number of nitrogens with one attached hydrogen (secondary N) is 2. The number of piperidine rings is 3. The number of H-pyrrole nitrogens is 2. The second kappa shape index (κ2) is 32.5. The van der Waals surface area contributed by atoms with Crippen molar-refractivity contribution in [1.29, 1.82) is 21.0 Å². The number of benzene rings is 6. The molecule has 6 aliphatic heterocycles. The van der Waals surface area contributed by atoms with E-state index < -0.39 is 34.6 Å². The number of carbonyl (C=O) groups is 3. The average molecular weight is 1530 g/mol. The number of hydrogen-bond acceptors (Lipinski definition) is 20. The molecule has 0 bridgehead atoms. The summed E-state index contributed by atoms with van der Waals surface area (Å²) in [5.41, 5.74) is 5.09. The molecule has 6 aromatic carbocycles. The molecule has 8 aromatic rings. The highest BCUT2D eigenvalue weighted by atomic mass is 35.5. The van der Waals surface area contributed by atoms with Gasteiger partial charge in [0.2, 0.25) is 11.9 Å². The molecular weight excluding hydrogens is 1450 g/mol. The number of likely N-dealkylation sites (tertiary alicyclic amines) is 3. The van der Waals surface area contributed by atoms with E-state index in [4.69, 9.17) is 49.0 Å². The summed E-state index contributed by atoms with van der Waals surface area (Å²) >= 11 is 19.4. The van der Waals surface area contributed by atoms with Crippen LogP contribution in [0.3, 0.4) is 0 Å². The Kier molecular flexibility index (Phi) is 23.0. The number of ether oxygens (including phenoxy) is 3. The molecule has 3 amide bonds. The van der Waals surface area contributed by atoms with Crippen LogP contribution in [-0.4, -0.2) is 182 Å². The Hall–Kier alpha value is -11.2. The second-order valence-corrected chi connectivity index (χ2v) is 29.7. The van der Waals surface area contributed by atoms with Gasteiger partial charge in [0, 0.05) is 99.8 Å². The van der Waals surface area contributed by atoms with E-state index in [9.17, 15) is 48.6 Å². The van der Waals surface area contributed by atoms with Gasteiger partial charge >= 0.3 is 0 Å². The van der Waals surface area contributed by atoms with Crippen molar-refractivity contribution in [2.75, 3.05) is 131 Å². The Morgan fingerprint density at radius 1 is 0.463 bits per heavy atom. The Morgan fingerprint density at radius 2 is 0.750 bits per heavy atom. The molecule has 0 saturated carbocycles. The third kappa shape index (κ3) is 16.8. The number of carbonyl (C=O) groups excluding carboxylic acids is 3. The van der Waals surface area contributed by atoms with Gasteiger partial charge in [-0.3, -0.25) is 19.3 Å². The monoisotopic (exact) mass is 1530 g/mol. The molecular formula is C77H79Cl3F3N19O6. The van der Waals surface area contributed by atoms with Gasteiger partial charge in [0.25, 0.3) is 17.7 Å². The molecule has 8 heterocycles. The van der Waals surface area contributed by atoms with Crippen molar-refractivity contribution in [3.05, 3.63) is 171 Å². The van der Waals surface area contributed by atoms with Crippen LogP contribution in [0.5, 0.6) is 17.2 Å². The summed E-state index contributed by atoms with van der Waals surface area (Å²) < 4.78 is 58.3. The highest BCUT2D eigenvalue weighted by molar-refractivity contribution is 6.34. The number of nitriles is 4. The molecule has 0 spiro atoms. The SMILES string of the molecule is CN(C)c1cc2c(cc1Cl)N(C#N)CC(C(=O)N1CCC(C#N)(Cc3ccc(F)cc3)CC1)O2.CN(C)c1cc2c(cc1Cl)N(c1ncn[nH]1)CC(C(=O)N1CCC(C#N)(Cc3ccc(F)cc3)CC1)O2.CN(C)c1cc2c(cc1Cl)N(c1ncn[nH]1)CC(C(=O)N1CCC(C#N)(Cc3ccc(F)cc3)CC1)O2. The van der Waals surface area contributed by atoms with E-state index in [-0.39, 0.29) is 54.8 Å². The van der Waals surface area contributed by atoms with E-state index in [1.165, 1.54) is 54.0 Å². The second-order valence-electron chi connectivity index (χ2n) is 28.4. The van der Waals surface area contributed by atoms with Crippen LogP contribution < -0.4 is 43.6 Å². The average Bonchev–Trinajstić information content (AvgIpc) is 1.12. The van der Waals surface area contributed by atoms with Crippen LogP contribution in [0.15, 0.2) is 122 Å². The van der Waals surface area contributed by atoms with Crippen molar-refractivity contribution in [2.45, 2.75) is 76.1 Å². The summed E-state index contributed by atoms with van der Waals surface area (Å²) in [5.74, 6) is 1.02. The molecule has 108 heavy (non-hydrogen) atoms. The van der Waals surface area contributed by atoms with Gasteiger partial charge in [-0.05, 0) is 129 Å². The van der Waals surface area contributed by atoms with Gasteiger partial charge in [-0.2, -0.15) is 41.2 Å². The van der Waals surface area contributed by atoms with Crippen molar-refractivity contribution in [3.63, 3.8) is 0 Å². The molecule has 0 aliphatic carbocycles. The lowest BCUT2D eigenvalue weighted by Crippen LogP contribution is -2.52. The first-order valence-electron chi connectivity index (χ1n) is 35.1. The van der Waals surface area contributed by atoms with E-state index in [0.717, 1.165) is 33.8 Å². The topological polar surface area (TPSA) is 286 Å². The molecule has 0 radical (unpaired) electrons.